The van der Waals surface area contributed by atoms with Crippen LogP contribution in [0.25, 0.3) is 0 Å². The Labute approximate surface area is 124 Å². The molecular formula is C16H20N4O. The van der Waals surface area contributed by atoms with E-state index in [0.717, 1.165) is 48.8 Å². The Morgan fingerprint density at radius 2 is 1.86 bits per heavy atom. The molecule has 5 heteroatoms. The van der Waals surface area contributed by atoms with Crippen molar-refractivity contribution >= 4 is 5.95 Å². The number of hydrogen-bond acceptors (Lipinski definition) is 4. The number of aromatic nitrogens is 3. The molecular weight excluding hydrogens is 264 g/mol. The number of aromatic amines is 1. The van der Waals surface area contributed by atoms with Crippen molar-refractivity contribution in [3.63, 3.8) is 0 Å². The van der Waals surface area contributed by atoms with Crippen LogP contribution in [0, 0.1) is 13.8 Å². The number of nitrogens with one attached hydrogen (secondary N) is 1. The highest BCUT2D eigenvalue weighted by Gasteiger charge is 2.25. The second-order valence-corrected chi connectivity index (χ2v) is 5.67. The molecule has 3 heterocycles. The van der Waals surface area contributed by atoms with E-state index in [1.807, 2.05) is 19.9 Å². The highest BCUT2D eigenvalue weighted by Crippen LogP contribution is 2.28. The Hall–Kier alpha value is -2.17. The molecule has 1 fully saturated rings. The van der Waals surface area contributed by atoms with Gasteiger partial charge in [0.15, 0.2) is 5.43 Å². The first-order valence-corrected chi connectivity index (χ1v) is 7.37. The molecule has 5 nitrogen and oxygen atoms in total. The van der Waals surface area contributed by atoms with E-state index in [1.165, 1.54) is 0 Å². The topological polar surface area (TPSA) is 61.9 Å². The molecule has 0 amide bonds. The van der Waals surface area contributed by atoms with Gasteiger partial charge in [0.05, 0.1) is 0 Å². The molecule has 3 rings (SSSR count). The minimum Gasteiger partial charge on any atom is -0.362 e. The van der Waals surface area contributed by atoms with Crippen LogP contribution in [0.1, 0.15) is 35.7 Å². The van der Waals surface area contributed by atoms with Gasteiger partial charge in [-0.3, -0.25) is 4.79 Å². The van der Waals surface area contributed by atoms with E-state index >= 15 is 0 Å². The molecule has 0 aromatic carbocycles. The summed E-state index contributed by atoms with van der Waals surface area (Å²) in [6.07, 6.45) is 5.46. The number of pyridine rings is 1. The predicted octanol–water partition coefficient (Wildman–Crippen LogP) is 2.17. The van der Waals surface area contributed by atoms with E-state index in [4.69, 9.17) is 0 Å². The summed E-state index contributed by atoms with van der Waals surface area (Å²) >= 11 is 0. The highest BCUT2D eigenvalue weighted by molar-refractivity contribution is 5.32. The molecule has 0 unspecified atom stereocenters. The van der Waals surface area contributed by atoms with Crippen LogP contribution >= 0.6 is 0 Å². The molecule has 0 atom stereocenters. The third kappa shape index (κ3) is 2.82. The first kappa shape index (κ1) is 13.8. The second kappa shape index (κ2) is 5.68. The van der Waals surface area contributed by atoms with Crippen molar-refractivity contribution in [2.24, 2.45) is 0 Å². The fraction of sp³-hybridized carbons (Fsp3) is 0.438. The summed E-state index contributed by atoms with van der Waals surface area (Å²) in [6.45, 7) is 5.70. The standard InChI is InChI=1S/C16H20N4O/c1-11-10-14(21)15(12(2)19-11)13-4-8-20(9-5-13)16-17-6-3-7-18-16/h3,6-7,10,13H,4-5,8-9H2,1-2H3,(H,19,21). The van der Waals surface area contributed by atoms with Crippen molar-refractivity contribution in [1.29, 1.82) is 0 Å². The van der Waals surface area contributed by atoms with E-state index in [1.54, 1.807) is 18.5 Å². The summed E-state index contributed by atoms with van der Waals surface area (Å²) in [6, 6.07) is 3.53. The molecule has 2 aromatic rings. The van der Waals surface area contributed by atoms with Crippen molar-refractivity contribution in [3.05, 3.63) is 51.7 Å². The number of hydrogen-bond donors (Lipinski definition) is 1. The van der Waals surface area contributed by atoms with E-state index in [0.29, 0.717) is 5.92 Å². The molecule has 0 aliphatic carbocycles. The van der Waals surface area contributed by atoms with Gasteiger partial charge in [0.2, 0.25) is 5.95 Å². The Balaban J connectivity index is 1.76. The maximum Gasteiger partial charge on any atom is 0.225 e. The zero-order valence-corrected chi connectivity index (χ0v) is 12.5. The van der Waals surface area contributed by atoms with Gasteiger partial charge < -0.3 is 9.88 Å². The van der Waals surface area contributed by atoms with Gasteiger partial charge in [-0.25, -0.2) is 9.97 Å². The zero-order valence-electron chi connectivity index (χ0n) is 12.5. The number of nitrogens with zero attached hydrogens (tertiary/aromatic N) is 3. The van der Waals surface area contributed by atoms with Gasteiger partial charge in [0.1, 0.15) is 0 Å². The van der Waals surface area contributed by atoms with Crippen LogP contribution in [0.2, 0.25) is 0 Å². The van der Waals surface area contributed by atoms with E-state index in [2.05, 4.69) is 19.9 Å². The maximum atomic E-state index is 12.3. The van der Waals surface area contributed by atoms with Crippen LogP contribution in [0.15, 0.2) is 29.3 Å². The molecule has 0 spiro atoms. The minimum absolute atomic E-state index is 0.165. The lowest BCUT2D eigenvalue weighted by Gasteiger charge is -2.32. The Kier molecular flexibility index (Phi) is 3.73. The number of anilines is 1. The van der Waals surface area contributed by atoms with Crippen LogP contribution in [-0.4, -0.2) is 28.0 Å². The van der Waals surface area contributed by atoms with Crippen molar-refractivity contribution < 1.29 is 0 Å². The average Bonchev–Trinajstić information content (AvgIpc) is 2.48. The number of rotatable bonds is 2. The summed E-state index contributed by atoms with van der Waals surface area (Å²) in [7, 11) is 0. The van der Waals surface area contributed by atoms with Crippen LogP contribution in [0.4, 0.5) is 5.95 Å². The molecule has 1 aliphatic rings. The van der Waals surface area contributed by atoms with Gasteiger partial charge in [0.25, 0.3) is 0 Å². The molecule has 1 aliphatic heterocycles. The Bertz CT molecular complexity index is 672. The third-order valence-electron chi connectivity index (χ3n) is 4.14. The van der Waals surface area contributed by atoms with Gasteiger partial charge in [-0.05, 0) is 38.7 Å². The quantitative estimate of drug-likeness (QED) is 0.918. The number of H-pyrrole nitrogens is 1. The first-order valence-electron chi connectivity index (χ1n) is 7.37. The Morgan fingerprint density at radius 3 is 2.48 bits per heavy atom. The van der Waals surface area contributed by atoms with Crippen molar-refractivity contribution in [1.82, 2.24) is 15.0 Å². The maximum absolute atomic E-state index is 12.3. The highest BCUT2D eigenvalue weighted by atomic mass is 16.1. The largest absolute Gasteiger partial charge is 0.362 e. The number of piperidine rings is 1. The third-order valence-corrected chi connectivity index (χ3v) is 4.14. The fourth-order valence-corrected chi connectivity index (χ4v) is 3.19. The SMILES string of the molecule is Cc1cc(=O)c(C2CCN(c3ncccn3)CC2)c(C)[nH]1. The molecule has 21 heavy (non-hydrogen) atoms. The van der Waals surface area contributed by atoms with Gasteiger partial charge in [-0.15, -0.1) is 0 Å². The number of aryl methyl sites for hydroxylation is 2. The molecule has 0 radical (unpaired) electrons. The summed E-state index contributed by atoms with van der Waals surface area (Å²) in [5.74, 6) is 1.11. The lowest BCUT2D eigenvalue weighted by Crippen LogP contribution is -2.35. The lowest BCUT2D eigenvalue weighted by atomic mass is 9.88. The summed E-state index contributed by atoms with van der Waals surface area (Å²) in [5.41, 5.74) is 3.05. The van der Waals surface area contributed by atoms with Gasteiger partial charge in [0, 0.05) is 48.5 Å². The molecule has 0 saturated carbocycles. The van der Waals surface area contributed by atoms with Gasteiger partial charge >= 0.3 is 0 Å². The second-order valence-electron chi connectivity index (χ2n) is 5.67. The van der Waals surface area contributed by atoms with E-state index < -0.39 is 0 Å². The van der Waals surface area contributed by atoms with Gasteiger partial charge in [-0.2, -0.15) is 0 Å². The van der Waals surface area contributed by atoms with Crippen molar-refractivity contribution in [2.45, 2.75) is 32.6 Å². The van der Waals surface area contributed by atoms with E-state index in [-0.39, 0.29) is 5.43 Å². The monoisotopic (exact) mass is 284 g/mol. The predicted molar refractivity (Wildman–Crippen MR) is 82.8 cm³/mol. The smallest absolute Gasteiger partial charge is 0.225 e. The molecule has 1 N–H and O–H groups in total. The van der Waals surface area contributed by atoms with Crippen molar-refractivity contribution in [2.75, 3.05) is 18.0 Å². The van der Waals surface area contributed by atoms with Crippen LogP contribution in [0.3, 0.4) is 0 Å². The fourth-order valence-electron chi connectivity index (χ4n) is 3.19. The van der Waals surface area contributed by atoms with Gasteiger partial charge in [-0.1, -0.05) is 0 Å². The minimum atomic E-state index is 0.165. The van der Waals surface area contributed by atoms with Crippen molar-refractivity contribution in [3.8, 4) is 0 Å². The van der Waals surface area contributed by atoms with E-state index in [9.17, 15) is 4.79 Å². The summed E-state index contributed by atoms with van der Waals surface area (Å²) in [4.78, 5) is 26.3. The summed E-state index contributed by atoms with van der Waals surface area (Å²) < 4.78 is 0. The Morgan fingerprint density at radius 1 is 1.19 bits per heavy atom. The molecule has 2 aromatic heterocycles. The first-order chi connectivity index (χ1) is 10.1. The average molecular weight is 284 g/mol. The van der Waals surface area contributed by atoms with Crippen LogP contribution in [0.5, 0.6) is 0 Å². The normalized spacial score (nSPS) is 16.2. The molecule has 110 valence electrons. The molecule has 1 saturated heterocycles. The van der Waals surface area contributed by atoms with Crippen LogP contribution in [-0.2, 0) is 0 Å². The molecule has 0 bridgehead atoms. The van der Waals surface area contributed by atoms with Crippen LogP contribution < -0.4 is 10.3 Å². The lowest BCUT2D eigenvalue weighted by molar-refractivity contribution is 0.494. The summed E-state index contributed by atoms with van der Waals surface area (Å²) in [5, 5.41) is 0. The zero-order chi connectivity index (χ0) is 14.8.